The van der Waals surface area contributed by atoms with Crippen LogP contribution < -0.4 is 16.1 Å². The molecule has 162 valence electrons. The van der Waals surface area contributed by atoms with E-state index in [1.165, 1.54) is 18.7 Å². The monoisotopic (exact) mass is 421 g/mol. The summed E-state index contributed by atoms with van der Waals surface area (Å²) in [5, 5.41) is 5.54. The SMILES string of the molecule is CC(C)n1cc(C(=O)NCCc2ccccc2)c(=O)c(C(=O)N[C@H](C)c2ccco2)c1. The number of furan rings is 1. The summed E-state index contributed by atoms with van der Waals surface area (Å²) in [6, 6.07) is 12.8. The molecule has 0 radical (unpaired) electrons. The average molecular weight is 421 g/mol. The molecular weight excluding hydrogens is 394 g/mol. The zero-order chi connectivity index (χ0) is 22.4. The van der Waals surface area contributed by atoms with Crippen molar-refractivity contribution in [1.82, 2.24) is 15.2 Å². The van der Waals surface area contributed by atoms with Crippen LogP contribution in [0.25, 0.3) is 0 Å². The molecule has 31 heavy (non-hydrogen) atoms. The van der Waals surface area contributed by atoms with E-state index in [0.29, 0.717) is 18.7 Å². The van der Waals surface area contributed by atoms with E-state index in [1.54, 1.807) is 23.6 Å². The molecule has 0 aliphatic heterocycles. The van der Waals surface area contributed by atoms with Crippen LogP contribution >= 0.6 is 0 Å². The molecule has 1 atom stereocenters. The fourth-order valence-electron chi connectivity index (χ4n) is 3.16. The molecule has 2 N–H and O–H groups in total. The molecule has 0 aliphatic rings. The maximum atomic E-state index is 13.0. The number of nitrogens with one attached hydrogen (secondary N) is 2. The summed E-state index contributed by atoms with van der Waals surface area (Å²) >= 11 is 0. The van der Waals surface area contributed by atoms with E-state index < -0.39 is 23.3 Å². The number of pyridine rings is 1. The van der Waals surface area contributed by atoms with E-state index in [2.05, 4.69) is 10.6 Å². The number of nitrogens with zero attached hydrogens (tertiary/aromatic N) is 1. The third-order valence-electron chi connectivity index (χ3n) is 4.99. The fraction of sp³-hybridized carbons (Fsp3) is 0.292. The third kappa shape index (κ3) is 5.51. The minimum atomic E-state index is -0.599. The minimum Gasteiger partial charge on any atom is -0.467 e. The van der Waals surface area contributed by atoms with Gasteiger partial charge in [0.25, 0.3) is 11.8 Å². The van der Waals surface area contributed by atoms with Crippen LogP contribution in [-0.4, -0.2) is 22.9 Å². The molecule has 3 rings (SSSR count). The Morgan fingerprint density at radius 3 is 2.26 bits per heavy atom. The Kier molecular flexibility index (Phi) is 7.07. The highest BCUT2D eigenvalue weighted by molar-refractivity contribution is 5.99. The lowest BCUT2D eigenvalue weighted by Crippen LogP contribution is -2.36. The zero-order valence-corrected chi connectivity index (χ0v) is 17.9. The molecule has 2 aromatic heterocycles. The van der Waals surface area contributed by atoms with Crippen LogP contribution in [0.2, 0.25) is 0 Å². The first kappa shape index (κ1) is 22.1. The zero-order valence-electron chi connectivity index (χ0n) is 17.9. The van der Waals surface area contributed by atoms with Crippen molar-refractivity contribution >= 4 is 11.8 Å². The van der Waals surface area contributed by atoms with Crippen molar-refractivity contribution in [3.63, 3.8) is 0 Å². The van der Waals surface area contributed by atoms with Crippen LogP contribution in [0.1, 0.15) is 64.9 Å². The Hall–Kier alpha value is -3.61. The van der Waals surface area contributed by atoms with Crippen LogP contribution in [0.4, 0.5) is 0 Å². The van der Waals surface area contributed by atoms with E-state index in [4.69, 9.17) is 4.42 Å². The van der Waals surface area contributed by atoms with Gasteiger partial charge in [0.2, 0.25) is 5.43 Å². The topological polar surface area (TPSA) is 93.3 Å². The van der Waals surface area contributed by atoms with Gasteiger partial charge in [-0.15, -0.1) is 0 Å². The molecule has 0 fully saturated rings. The summed E-state index contributed by atoms with van der Waals surface area (Å²) in [5.41, 5.74) is 0.351. The summed E-state index contributed by atoms with van der Waals surface area (Å²) in [4.78, 5) is 38.5. The van der Waals surface area contributed by atoms with Crippen LogP contribution in [-0.2, 0) is 6.42 Å². The van der Waals surface area contributed by atoms with Gasteiger partial charge in [-0.1, -0.05) is 30.3 Å². The van der Waals surface area contributed by atoms with Gasteiger partial charge < -0.3 is 19.6 Å². The van der Waals surface area contributed by atoms with Crippen molar-refractivity contribution in [2.75, 3.05) is 6.54 Å². The summed E-state index contributed by atoms with van der Waals surface area (Å²) in [5.74, 6) is -0.473. The van der Waals surface area contributed by atoms with Gasteiger partial charge in [0.15, 0.2) is 0 Å². The van der Waals surface area contributed by atoms with Gasteiger partial charge in [0.05, 0.1) is 12.3 Å². The highest BCUT2D eigenvalue weighted by Crippen LogP contribution is 2.13. The maximum absolute atomic E-state index is 13.0. The Morgan fingerprint density at radius 1 is 0.968 bits per heavy atom. The van der Waals surface area contributed by atoms with Gasteiger partial charge >= 0.3 is 0 Å². The van der Waals surface area contributed by atoms with Gasteiger partial charge in [0, 0.05) is 25.0 Å². The standard InChI is InChI=1S/C24H27N3O4/c1-16(2)27-14-19(23(29)25-12-11-18-8-5-4-6-9-18)22(28)20(15-27)24(30)26-17(3)21-10-7-13-31-21/h4-10,13-17H,11-12H2,1-3H3,(H,25,29)(H,26,30)/t17-/m1/s1. The van der Waals surface area contributed by atoms with Crippen molar-refractivity contribution in [1.29, 1.82) is 0 Å². The predicted octanol–water partition coefficient (Wildman–Crippen LogP) is 3.49. The summed E-state index contributed by atoms with van der Waals surface area (Å²) in [6.07, 6.45) is 5.14. The molecule has 0 aliphatic carbocycles. The Morgan fingerprint density at radius 2 is 1.65 bits per heavy atom. The van der Waals surface area contributed by atoms with E-state index >= 15 is 0 Å². The molecular formula is C24H27N3O4. The molecule has 3 aromatic rings. The molecule has 0 spiro atoms. The molecule has 7 heteroatoms. The Labute approximate surface area is 181 Å². The number of aromatic nitrogens is 1. The van der Waals surface area contributed by atoms with Crippen LogP contribution in [0, 0.1) is 0 Å². The lowest BCUT2D eigenvalue weighted by molar-refractivity contribution is 0.0933. The van der Waals surface area contributed by atoms with E-state index in [-0.39, 0.29) is 17.2 Å². The van der Waals surface area contributed by atoms with E-state index in [9.17, 15) is 14.4 Å². The summed E-state index contributed by atoms with van der Waals surface area (Å²) in [6.45, 7) is 5.97. The Bertz CT molecular complexity index is 1090. The van der Waals surface area contributed by atoms with E-state index in [0.717, 1.165) is 5.56 Å². The molecule has 0 saturated heterocycles. The Balaban J connectivity index is 1.79. The highest BCUT2D eigenvalue weighted by atomic mass is 16.3. The molecule has 2 heterocycles. The van der Waals surface area contributed by atoms with Crippen LogP contribution in [0.5, 0.6) is 0 Å². The van der Waals surface area contributed by atoms with Gasteiger partial charge in [-0.2, -0.15) is 0 Å². The molecule has 7 nitrogen and oxygen atoms in total. The first-order valence-corrected chi connectivity index (χ1v) is 10.3. The smallest absolute Gasteiger partial charge is 0.257 e. The fourth-order valence-corrected chi connectivity index (χ4v) is 3.16. The second-order valence-corrected chi connectivity index (χ2v) is 7.66. The number of carbonyl (C=O) groups excluding carboxylic acids is 2. The number of hydrogen-bond donors (Lipinski definition) is 2. The maximum Gasteiger partial charge on any atom is 0.257 e. The molecule has 0 bridgehead atoms. The third-order valence-corrected chi connectivity index (χ3v) is 4.99. The normalized spacial score (nSPS) is 11.9. The molecule has 1 aromatic carbocycles. The average Bonchev–Trinajstić information content (AvgIpc) is 3.29. The van der Waals surface area contributed by atoms with Gasteiger partial charge in [-0.3, -0.25) is 14.4 Å². The van der Waals surface area contributed by atoms with Crippen molar-refractivity contribution in [3.05, 3.63) is 93.8 Å². The number of amides is 2. The summed E-state index contributed by atoms with van der Waals surface area (Å²) < 4.78 is 7.00. The van der Waals surface area contributed by atoms with Crippen molar-refractivity contribution < 1.29 is 14.0 Å². The second-order valence-electron chi connectivity index (χ2n) is 7.66. The van der Waals surface area contributed by atoms with Gasteiger partial charge in [0.1, 0.15) is 16.9 Å². The first-order valence-electron chi connectivity index (χ1n) is 10.3. The molecule has 0 saturated carbocycles. The van der Waals surface area contributed by atoms with Crippen molar-refractivity contribution in [2.45, 2.75) is 39.3 Å². The van der Waals surface area contributed by atoms with Gasteiger partial charge in [-0.05, 0) is 44.9 Å². The first-order chi connectivity index (χ1) is 14.9. The minimum absolute atomic E-state index is 0.0366. The second kappa shape index (κ2) is 9.93. The summed E-state index contributed by atoms with van der Waals surface area (Å²) in [7, 11) is 0. The number of rotatable bonds is 8. The molecule has 0 unspecified atom stereocenters. The lowest BCUT2D eigenvalue weighted by atomic mass is 10.1. The molecule has 2 amide bonds. The van der Waals surface area contributed by atoms with E-state index in [1.807, 2.05) is 44.2 Å². The number of hydrogen-bond acceptors (Lipinski definition) is 4. The van der Waals surface area contributed by atoms with Crippen LogP contribution in [0.3, 0.4) is 0 Å². The highest BCUT2D eigenvalue weighted by Gasteiger charge is 2.22. The van der Waals surface area contributed by atoms with Gasteiger partial charge in [-0.25, -0.2) is 0 Å². The van der Waals surface area contributed by atoms with Crippen LogP contribution in [0.15, 0.2) is 70.3 Å². The quantitative estimate of drug-likeness (QED) is 0.582. The lowest BCUT2D eigenvalue weighted by Gasteiger charge is -2.16. The predicted molar refractivity (Wildman–Crippen MR) is 118 cm³/mol. The number of carbonyl (C=O) groups is 2. The van der Waals surface area contributed by atoms with Crippen molar-refractivity contribution in [2.24, 2.45) is 0 Å². The largest absolute Gasteiger partial charge is 0.467 e. The van der Waals surface area contributed by atoms with Crippen molar-refractivity contribution in [3.8, 4) is 0 Å². The number of benzene rings is 1.